The van der Waals surface area contributed by atoms with E-state index in [0.29, 0.717) is 12.0 Å². The van der Waals surface area contributed by atoms with Gasteiger partial charge in [-0.1, -0.05) is 60.2 Å². The number of nitrogens with zero attached hydrogens (tertiary/aromatic N) is 2. The lowest BCUT2D eigenvalue weighted by Crippen LogP contribution is -2.28. The Bertz CT molecular complexity index is 1170. The molecule has 0 fully saturated rings. The second-order valence-corrected chi connectivity index (χ2v) is 9.95. The standard InChI is InChI=1S/C21H24N4O3S2/c1-5-18(16-11-10-13(2)12-15(16)4)25-30(27,28)21-24-23-20(29-21)22-19(26)17-9-7-6-8-14(17)3/h6-12,18,25H,5H2,1-4H3,(H,22,23,26)/t18-/m0/s1. The van der Waals surface area contributed by atoms with Gasteiger partial charge in [-0.15, -0.1) is 10.2 Å². The zero-order chi connectivity index (χ0) is 21.9. The van der Waals surface area contributed by atoms with E-state index in [1.807, 2.05) is 58.0 Å². The van der Waals surface area contributed by atoms with Crippen LogP contribution in [0.1, 0.15) is 52.0 Å². The molecule has 0 saturated heterocycles. The van der Waals surface area contributed by atoms with Crippen LogP contribution in [0.3, 0.4) is 0 Å². The van der Waals surface area contributed by atoms with Gasteiger partial charge in [0.2, 0.25) is 9.47 Å². The summed E-state index contributed by atoms with van der Waals surface area (Å²) in [7, 11) is -3.89. The maximum absolute atomic E-state index is 12.9. The molecule has 2 N–H and O–H groups in total. The fourth-order valence-corrected chi connectivity index (χ4v) is 5.39. The Labute approximate surface area is 180 Å². The van der Waals surface area contributed by atoms with Crippen LogP contribution in [0.4, 0.5) is 5.13 Å². The number of hydrogen-bond donors (Lipinski definition) is 2. The molecule has 0 aliphatic rings. The molecule has 0 aliphatic carbocycles. The largest absolute Gasteiger partial charge is 0.296 e. The summed E-state index contributed by atoms with van der Waals surface area (Å²) in [5.41, 5.74) is 4.37. The van der Waals surface area contributed by atoms with Crippen LogP contribution in [0.2, 0.25) is 0 Å². The van der Waals surface area contributed by atoms with Gasteiger partial charge in [-0.3, -0.25) is 10.1 Å². The van der Waals surface area contributed by atoms with E-state index in [-0.39, 0.29) is 21.4 Å². The lowest BCUT2D eigenvalue weighted by Gasteiger charge is -2.19. The lowest BCUT2D eigenvalue weighted by atomic mass is 9.98. The molecule has 2 aromatic carbocycles. The van der Waals surface area contributed by atoms with Crippen molar-refractivity contribution in [1.82, 2.24) is 14.9 Å². The first-order valence-corrected chi connectivity index (χ1v) is 11.8. The fourth-order valence-electron chi connectivity index (χ4n) is 3.18. The van der Waals surface area contributed by atoms with E-state index in [9.17, 15) is 13.2 Å². The molecule has 0 aliphatic heterocycles. The molecule has 3 aromatic rings. The molecule has 30 heavy (non-hydrogen) atoms. The van der Waals surface area contributed by atoms with Crippen molar-refractivity contribution >= 4 is 32.4 Å². The summed E-state index contributed by atoms with van der Waals surface area (Å²) in [6.45, 7) is 7.70. The highest BCUT2D eigenvalue weighted by Gasteiger charge is 2.26. The van der Waals surface area contributed by atoms with Crippen LogP contribution in [-0.4, -0.2) is 24.5 Å². The van der Waals surface area contributed by atoms with Crippen LogP contribution >= 0.6 is 11.3 Å². The lowest BCUT2D eigenvalue weighted by molar-refractivity contribution is 0.102. The molecule has 1 aromatic heterocycles. The first-order chi connectivity index (χ1) is 14.2. The zero-order valence-electron chi connectivity index (χ0n) is 17.3. The second kappa shape index (κ2) is 9.03. The quantitative estimate of drug-likeness (QED) is 0.533. The molecule has 0 unspecified atom stereocenters. The molecule has 1 heterocycles. The van der Waals surface area contributed by atoms with E-state index in [2.05, 4.69) is 20.2 Å². The van der Waals surface area contributed by atoms with E-state index in [1.165, 1.54) is 0 Å². The molecule has 1 atom stereocenters. The Morgan fingerprint density at radius 2 is 1.80 bits per heavy atom. The normalized spacial score (nSPS) is 12.5. The SMILES string of the molecule is CC[C@H](NS(=O)(=O)c1nnc(NC(=O)c2ccccc2C)s1)c1ccc(C)cc1C. The van der Waals surface area contributed by atoms with Crippen molar-refractivity contribution in [1.29, 1.82) is 0 Å². The third kappa shape index (κ3) is 4.92. The Balaban J connectivity index is 1.78. The highest BCUT2D eigenvalue weighted by molar-refractivity contribution is 7.91. The van der Waals surface area contributed by atoms with E-state index < -0.39 is 10.0 Å². The third-order valence-electron chi connectivity index (χ3n) is 4.75. The van der Waals surface area contributed by atoms with Gasteiger partial charge in [0, 0.05) is 11.6 Å². The molecule has 0 bridgehead atoms. The smallest absolute Gasteiger partial charge is 0.270 e. The van der Waals surface area contributed by atoms with Crippen molar-refractivity contribution in [3.63, 3.8) is 0 Å². The molecule has 1 amide bonds. The average molecular weight is 445 g/mol. The molecular formula is C21H24N4O3S2. The van der Waals surface area contributed by atoms with Crippen molar-refractivity contribution in [3.05, 3.63) is 70.3 Å². The topological polar surface area (TPSA) is 101 Å². The van der Waals surface area contributed by atoms with Crippen molar-refractivity contribution in [2.75, 3.05) is 5.32 Å². The Morgan fingerprint density at radius 1 is 1.07 bits per heavy atom. The molecule has 7 nitrogen and oxygen atoms in total. The Morgan fingerprint density at radius 3 is 2.47 bits per heavy atom. The number of aryl methyl sites for hydroxylation is 3. The summed E-state index contributed by atoms with van der Waals surface area (Å²) >= 11 is 0.818. The van der Waals surface area contributed by atoms with Crippen LogP contribution in [0.5, 0.6) is 0 Å². The summed E-state index contributed by atoms with van der Waals surface area (Å²) in [6, 6.07) is 12.7. The second-order valence-electron chi connectivity index (χ2n) is 7.08. The maximum atomic E-state index is 12.9. The van der Waals surface area contributed by atoms with E-state index in [4.69, 9.17) is 0 Å². The van der Waals surface area contributed by atoms with Gasteiger partial charge in [-0.25, -0.2) is 13.1 Å². The third-order valence-corrected chi connectivity index (χ3v) is 7.43. The molecule has 3 rings (SSSR count). The van der Waals surface area contributed by atoms with Crippen LogP contribution in [0.25, 0.3) is 0 Å². The summed E-state index contributed by atoms with van der Waals surface area (Å²) in [5.74, 6) is -0.358. The molecule has 0 spiro atoms. The van der Waals surface area contributed by atoms with Crippen LogP contribution in [0.15, 0.2) is 46.8 Å². The van der Waals surface area contributed by atoms with Gasteiger partial charge in [0.25, 0.3) is 15.9 Å². The van der Waals surface area contributed by atoms with Crippen LogP contribution in [-0.2, 0) is 10.0 Å². The summed E-state index contributed by atoms with van der Waals surface area (Å²) < 4.78 is 28.2. The van der Waals surface area contributed by atoms with Crippen molar-refractivity contribution in [3.8, 4) is 0 Å². The number of aromatic nitrogens is 2. The number of amides is 1. The highest BCUT2D eigenvalue weighted by Crippen LogP contribution is 2.26. The number of sulfonamides is 1. The van der Waals surface area contributed by atoms with Crippen LogP contribution in [0, 0.1) is 20.8 Å². The summed E-state index contributed by atoms with van der Waals surface area (Å²) in [6.07, 6.45) is 0.582. The van der Waals surface area contributed by atoms with Gasteiger partial charge in [0.05, 0.1) is 0 Å². The van der Waals surface area contributed by atoms with Crippen molar-refractivity contribution < 1.29 is 13.2 Å². The number of nitrogens with one attached hydrogen (secondary N) is 2. The highest BCUT2D eigenvalue weighted by atomic mass is 32.2. The van der Waals surface area contributed by atoms with Crippen molar-refractivity contribution in [2.24, 2.45) is 0 Å². The van der Waals surface area contributed by atoms with Crippen LogP contribution < -0.4 is 10.0 Å². The maximum Gasteiger partial charge on any atom is 0.270 e. The number of rotatable bonds is 7. The minimum Gasteiger partial charge on any atom is -0.296 e. The Kier molecular flexibility index (Phi) is 6.64. The van der Waals surface area contributed by atoms with Gasteiger partial charge >= 0.3 is 0 Å². The van der Waals surface area contributed by atoms with Crippen molar-refractivity contribution in [2.45, 2.75) is 44.5 Å². The van der Waals surface area contributed by atoms with E-state index >= 15 is 0 Å². The monoisotopic (exact) mass is 444 g/mol. The van der Waals surface area contributed by atoms with Gasteiger partial charge in [-0.05, 0) is 49.9 Å². The van der Waals surface area contributed by atoms with Gasteiger partial charge in [0.1, 0.15) is 0 Å². The number of hydrogen-bond acceptors (Lipinski definition) is 6. The number of carbonyl (C=O) groups is 1. The first-order valence-electron chi connectivity index (χ1n) is 9.51. The number of benzene rings is 2. The summed E-state index contributed by atoms with van der Waals surface area (Å²) in [4.78, 5) is 12.4. The average Bonchev–Trinajstić information content (AvgIpc) is 3.16. The predicted octanol–water partition coefficient (Wildman–Crippen LogP) is 4.15. The molecule has 9 heteroatoms. The fraction of sp³-hybridized carbons (Fsp3) is 0.286. The van der Waals surface area contributed by atoms with Gasteiger partial charge in [0.15, 0.2) is 0 Å². The number of anilines is 1. The molecule has 0 radical (unpaired) electrons. The summed E-state index contributed by atoms with van der Waals surface area (Å²) in [5, 5.41) is 10.4. The van der Waals surface area contributed by atoms with Gasteiger partial charge < -0.3 is 0 Å². The minimum atomic E-state index is -3.89. The predicted molar refractivity (Wildman–Crippen MR) is 118 cm³/mol. The Hall–Kier alpha value is -2.62. The van der Waals surface area contributed by atoms with Gasteiger partial charge in [-0.2, -0.15) is 0 Å². The molecule has 0 saturated carbocycles. The molecular weight excluding hydrogens is 420 g/mol. The minimum absolute atomic E-state index is 0.128. The zero-order valence-corrected chi connectivity index (χ0v) is 18.9. The molecule has 158 valence electrons. The first kappa shape index (κ1) is 22.1. The van der Waals surface area contributed by atoms with E-state index in [1.54, 1.807) is 12.1 Å². The van der Waals surface area contributed by atoms with E-state index in [0.717, 1.165) is 33.6 Å². The number of carbonyl (C=O) groups excluding carboxylic acids is 1.